The van der Waals surface area contributed by atoms with Gasteiger partial charge in [0.2, 0.25) is 0 Å². The molecule has 4 rings (SSSR count). The van der Waals surface area contributed by atoms with E-state index in [0.29, 0.717) is 38.8 Å². The number of piperazine rings is 1. The molecule has 2 saturated heterocycles. The fourth-order valence-corrected chi connectivity index (χ4v) is 4.48. The van der Waals surface area contributed by atoms with Crippen LogP contribution in [0.15, 0.2) is 34.5 Å². The molecule has 1 aromatic rings. The molecule has 0 bridgehead atoms. The molecule has 2 N–H and O–H groups in total. The number of carboxylic acid groups (broad SMARTS) is 1. The maximum absolute atomic E-state index is 10.9. The van der Waals surface area contributed by atoms with Gasteiger partial charge in [0, 0.05) is 52.1 Å². The summed E-state index contributed by atoms with van der Waals surface area (Å²) in [6.07, 6.45) is 4.02. The van der Waals surface area contributed by atoms with Gasteiger partial charge >= 0.3 is 5.97 Å². The van der Waals surface area contributed by atoms with Crippen molar-refractivity contribution in [1.82, 2.24) is 14.8 Å². The fraction of sp³-hybridized carbons (Fsp3) is 0.609. The zero-order valence-corrected chi connectivity index (χ0v) is 18.7. The van der Waals surface area contributed by atoms with Crippen LogP contribution in [0.5, 0.6) is 0 Å². The summed E-state index contributed by atoms with van der Waals surface area (Å²) in [4.78, 5) is 20.7. The van der Waals surface area contributed by atoms with Crippen LogP contribution in [0.3, 0.4) is 0 Å². The summed E-state index contributed by atoms with van der Waals surface area (Å²) in [6, 6.07) is 8.15. The van der Waals surface area contributed by atoms with Crippen molar-refractivity contribution >= 4 is 17.9 Å². The zero-order valence-electron chi connectivity index (χ0n) is 18.7. The van der Waals surface area contributed by atoms with Crippen molar-refractivity contribution in [2.75, 3.05) is 52.9 Å². The maximum atomic E-state index is 10.9. The average molecular weight is 444 g/mol. The van der Waals surface area contributed by atoms with Gasteiger partial charge in [-0.15, -0.1) is 0 Å². The van der Waals surface area contributed by atoms with Gasteiger partial charge in [0.1, 0.15) is 6.10 Å². The lowest BCUT2D eigenvalue weighted by Crippen LogP contribution is -2.47. The van der Waals surface area contributed by atoms with E-state index in [4.69, 9.17) is 9.94 Å². The SMILES string of the molecule is CN1CCN(N=Cc2ccc(C3=NOC(CC4(O)CCN(CC(=O)O)CC4)C3)cc2)CC1. The average Bonchev–Trinajstić information content (AvgIpc) is 3.23. The molecule has 2 fully saturated rings. The molecule has 32 heavy (non-hydrogen) atoms. The largest absolute Gasteiger partial charge is 0.480 e. The van der Waals surface area contributed by atoms with Crippen molar-refractivity contribution < 1.29 is 19.8 Å². The highest BCUT2D eigenvalue weighted by molar-refractivity contribution is 6.01. The van der Waals surface area contributed by atoms with E-state index in [2.05, 4.69) is 27.2 Å². The van der Waals surface area contributed by atoms with Crippen molar-refractivity contribution in [2.24, 2.45) is 10.3 Å². The standard InChI is InChI=1S/C23H33N5O4/c1-26-10-12-28(13-11-26)24-16-18-2-4-19(5-3-18)21-14-20(32-25-21)15-23(31)6-8-27(9-7-23)17-22(29)30/h2-5,16,20,31H,6-15,17H2,1H3,(H,29,30). The van der Waals surface area contributed by atoms with Crippen LogP contribution in [-0.2, 0) is 9.63 Å². The topological polar surface area (TPSA) is 101 Å². The van der Waals surface area contributed by atoms with E-state index in [-0.39, 0.29) is 12.6 Å². The molecular formula is C23H33N5O4. The fourth-order valence-electron chi connectivity index (χ4n) is 4.48. The van der Waals surface area contributed by atoms with E-state index in [9.17, 15) is 9.90 Å². The molecule has 3 heterocycles. The number of aliphatic carboxylic acids is 1. The summed E-state index contributed by atoms with van der Waals surface area (Å²) in [5.41, 5.74) is 2.14. The maximum Gasteiger partial charge on any atom is 0.317 e. The Kier molecular flexibility index (Phi) is 7.07. The first kappa shape index (κ1) is 22.7. The van der Waals surface area contributed by atoms with Crippen LogP contribution in [0.4, 0.5) is 0 Å². The number of rotatable bonds is 7. The van der Waals surface area contributed by atoms with Gasteiger partial charge in [-0.1, -0.05) is 29.4 Å². The molecule has 0 radical (unpaired) electrons. The molecule has 9 nitrogen and oxygen atoms in total. The Morgan fingerprint density at radius 1 is 1.19 bits per heavy atom. The van der Waals surface area contributed by atoms with Crippen LogP contribution in [0.1, 0.15) is 36.8 Å². The second-order valence-electron chi connectivity index (χ2n) is 9.19. The van der Waals surface area contributed by atoms with E-state index >= 15 is 0 Å². The molecule has 174 valence electrons. The lowest BCUT2D eigenvalue weighted by atomic mass is 9.84. The van der Waals surface area contributed by atoms with Crippen LogP contribution < -0.4 is 0 Å². The third kappa shape index (κ3) is 6.05. The van der Waals surface area contributed by atoms with E-state index in [1.165, 1.54) is 0 Å². The Balaban J connectivity index is 1.25. The van der Waals surface area contributed by atoms with Crippen LogP contribution in [-0.4, -0.2) is 107 Å². The second-order valence-corrected chi connectivity index (χ2v) is 9.19. The van der Waals surface area contributed by atoms with Gasteiger partial charge in [-0.2, -0.15) is 5.10 Å². The van der Waals surface area contributed by atoms with Crippen LogP contribution in [0.25, 0.3) is 0 Å². The number of carbonyl (C=O) groups is 1. The number of aliphatic hydroxyl groups is 1. The highest BCUT2D eigenvalue weighted by Crippen LogP contribution is 2.31. The Morgan fingerprint density at radius 2 is 1.88 bits per heavy atom. The predicted octanol–water partition coefficient (Wildman–Crippen LogP) is 1.06. The first-order valence-corrected chi connectivity index (χ1v) is 11.4. The van der Waals surface area contributed by atoms with Crippen LogP contribution in [0, 0.1) is 0 Å². The molecule has 0 aliphatic carbocycles. The smallest absolute Gasteiger partial charge is 0.317 e. The molecule has 9 heteroatoms. The lowest BCUT2D eigenvalue weighted by Gasteiger charge is -2.38. The normalized spacial score (nSPS) is 24.5. The van der Waals surface area contributed by atoms with Gasteiger partial charge in [0.05, 0.1) is 24.1 Å². The highest BCUT2D eigenvalue weighted by Gasteiger charge is 2.37. The number of hydrogen-bond donors (Lipinski definition) is 2. The second kappa shape index (κ2) is 9.97. The Bertz CT molecular complexity index is 840. The number of likely N-dealkylation sites (tertiary alicyclic amines) is 1. The molecular weight excluding hydrogens is 410 g/mol. The minimum atomic E-state index is -0.829. The van der Waals surface area contributed by atoms with Crippen molar-refractivity contribution in [1.29, 1.82) is 0 Å². The third-order valence-corrected chi connectivity index (χ3v) is 6.58. The summed E-state index contributed by atoms with van der Waals surface area (Å²) in [5, 5.41) is 30.8. The summed E-state index contributed by atoms with van der Waals surface area (Å²) in [7, 11) is 2.13. The number of nitrogens with zero attached hydrogens (tertiary/aromatic N) is 5. The Hall–Kier alpha value is -2.49. The molecule has 1 unspecified atom stereocenters. The van der Waals surface area contributed by atoms with Gasteiger partial charge in [0.15, 0.2) is 0 Å². The van der Waals surface area contributed by atoms with E-state index in [1.54, 1.807) is 0 Å². The number of oxime groups is 1. The molecule has 0 aromatic heterocycles. The highest BCUT2D eigenvalue weighted by atomic mass is 16.6. The van der Waals surface area contributed by atoms with Gasteiger partial charge in [-0.05, 0) is 31.0 Å². The molecule has 0 amide bonds. The molecule has 0 spiro atoms. The molecule has 0 saturated carbocycles. The molecule has 3 aliphatic rings. The van der Waals surface area contributed by atoms with Gasteiger partial charge in [0.25, 0.3) is 0 Å². The molecule has 3 aliphatic heterocycles. The summed E-state index contributed by atoms with van der Waals surface area (Å²) in [5.74, 6) is -0.829. The summed E-state index contributed by atoms with van der Waals surface area (Å²) in [6.45, 7) is 5.16. The number of piperidine rings is 1. The van der Waals surface area contributed by atoms with E-state index < -0.39 is 11.6 Å². The first-order valence-electron chi connectivity index (χ1n) is 11.4. The first-order chi connectivity index (χ1) is 15.4. The Labute approximate surface area is 188 Å². The van der Waals surface area contributed by atoms with Crippen molar-refractivity contribution in [3.8, 4) is 0 Å². The quantitative estimate of drug-likeness (QED) is 0.608. The van der Waals surface area contributed by atoms with Crippen molar-refractivity contribution in [3.63, 3.8) is 0 Å². The van der Waals surface area contributed by atoms with Gasteiger partial charge in [-0.25, -0.2) is 0 Å². The third-order valence-electron chi connectivity index (χ3n) is 6.58. The van der Waals surface area contributed by atoms with Crippen molar-refractivity contribution in [2.45, 2.75) is 37.4 Å². The van der Waals surface area contributed by atoms with Crippen molar-refractivity contribution in [3.05, 3.63) is 35.4 Å². The molecule has 1 atom stereocenters. The monoisotopic (exact) mass is 443 g/mol. The lowest BCUT2D eigenvalue weighted by molar-refractivity contribution is -0.140. The van der Waals surface area contributed by atoms with Crippen LogP contribution >= 0.6 is 0 Å². The number of hydrazone groups is 1. The van der Waals surface area contributed by atoms with Crippen LogP contribution in [0.2, 0.25) is 0 Å². The minimum absolute atomic E-state index is 0.0271. The van der Waals surface area contributed by atoms with Gasteiger partial charge in [-0.3, -0.25) is 14.7 Å². The van der Waals surface area contributed by atoms with E-state index in [0.717, 1.165) is 43.0 Å². The number of benzene rings is 1. The summed E-state index contributed by atoms with van der Waals surface area (Å²) >= 11 is 0. The minimum Gasteiger partial charge on any atom is -0.480 e. The number of carboxylic acids is 1. The summed E-state index contributed by atoms with van der Waals surface area (Å²) < 4.78 is 0. The zero-order chi connectivity index (χ0) is 22.6. The van der Waals surface area contributed by atoms with E-state index in [1.807, 2.05) is 35.4 Å². The number of hydrogen-bond acceptors (Lipinski definition) is 8. The molecule has 1 aromatic carbocycles. The predicted molar refractivity (Wildman–Crippen MR) is 122 cm³/mol. The number of likely N-dealkylation sites (N-methyl/N-ethyl adjacent to an activating group) is 1. The Morgan fingerprint density at radius 3 is 2.53 bits per heavy atom. The van der Waals surface area contributed by atoms with Gasteiger partial charge < -0.3 is 20.0 Å².